The van der Waals surface area contributed by atoms with Gasteiger partial charge in [0.15, 0.2) is 0 Å². The Kier molecular flexibility index (Phi) is 6.23. The molecule has 1 saturated heterocycles. The van der Waals surface area contributed by atoms with Crippen LogP contribution in [0.2, 0.25) is 0 Å². The van der Waals surface area contributed by atoms with E-state index in [4.69, 9.17) is 0 Å². The van der Waals surface area contributed by atoms with E-state index in [9.17, 15) is 4.79 Å². The highest BCUT2D eigenvalue weighted by atomic mass is 16.2. The molecule has 0 unspecified atom stereocenters. The lowest BCUT2D eigenvalue weighted by atomic mass is 10.0. The van der Waals surface area contributed by atoms with Gasteiger partial charge in [0.2, 0.25) is 5.91 Å². The molecular formula is C24H32N6O. The van der Waals surface area contributed by atoms with Crippen molar-refractivity contribution in [3.63, 3.8) is 0 Å². The molecule has 164 valence electrons. The Balaban J connectivity index is 1.42. The molecule has 3 heterocycles. The number of imidazole rings is 1. The minimum Gasteiger partial charge on any atom is -0.340 e. The fraction of sp³-hybridized carbons (Fsp3) is 0.458. The van der Waals surface area contributed by atoms with E-state index in [0.29, 0.717) is 6.42 Å². The van der Waals surface area contributed by atoms with E-state index in [1.807, 2.05) is 48.9 Å². The average molecular weight is 421 g/mol. The van der Waals surface area contributed by atoms with E-state index >= 15 is 0 Å². The SMILES string of the molecule is Cc1cc(C)n([C@@H](C)CC(=O)N2CCN([C@@H](c3ccccc3)c3nccn3C)CC2)n1. The summed E-state index contributed by atoms with van der Waals surface area (Å²) < 4.78 is 4.06. The van der Waals surface area contributed by atoms with Crippen LogP contribution in [0.15, 0.2) is 48.8 Å². The maximum Gasteiger partial charge on any atom is 0.224 e. The molecule has 0 N–H and O–H groups in total. The number of hydrogen-bond acceptors (Lipinski definition) is 4. The summed E-state index contributed by atoms with van der Waals surface area (Å²) in [5.41, 5.74) is 3.32. The van der Waals surface area contributed by atoms with Gasteiger partial charge in [0.05, 0.1) is 17.8 Å². The molecule has 1 fully saturated rings. The predicted octanol–water partition coefficient (Wildman–Crippen LogP) is 3.12. The molecule has 7 nitrogen and oxygen atoms in total. The number of aryl methyl sites for hydroxylation is 3. The number of carbonyl (C=O) groups is 1. The summed E-state index contributed by atoms with van der Waals surface area (Å²) in [5, 5.41) is 4.54. The Morgan fingerprint density at radius 2 is 1.81 bits per heavy atom. The lowest BCUT2D eigenvalue weighted by Crippen LogP contribution is -2.50. The van der Waals surface area contributed by atoms with Crippen LogP contribution in [0.4, 0.5) is 0 Å². The molecule has 3 aromatic rings. The van der Waals surface area contributed by atoms with Crippen molar-refractivity contribution in [1.29, 1.82) is 0 Å². The smallest absolute Gasteiger partial charge is 0.224 e. The van der Waals surface area contributed by atoms with Gasteiger partial charge in [-0.25, -0.2) is 4.98 Å². The van der Waals surface area contributed by atoms with Gasteiger partial charge in [-0.1, -0.05) is 30.3 Å². The Hall–Kier alpha value is -2.93. The topological polar surface area (TPSA) is 59.2 Å². The molecule has 31 heavy (non-hydrogen) atoms. The Morgan fingerprint density at radius 1 is 1.10 bits per heavy atom. The number of benzene rings is 1. The van der Waals surface area contributed by atoms with Gasteiger partial charge in [-0.3, -0.25) is 14.4 Å². The normalized spacial score (nSPS) is 17.0. The lowest BCUT2D eigenvalue weighted by molar-refractivity contribution is -0.134. The fourth-order valence-electron chi connectivity index (χ4n) is 4.59. The first-order chi connectivity index (χ1) is 14.9. The van der Waals surface area contributed by atoms with Gasteiger partial charge < -0.3 is 9.47 Å². The van der Waals surface area contributed by atoms with Crippen LogP contribution in [0.3, 0.4) is 0 Å². The molecule has 1 aliphatic rings. The van der Waals surface area contributed by atoms with Crippen LogP contribution >= 0.6 is 0 Å². The summed E-state index contributed by atoms with van der Waals surface area (Å²) in [5.74, 6) is 1.23. The molecule has 0 aliphatic carbocycles. The third-order valence-electron chi connectivity index (χ3n) is 6.18. The second-order valence-corrected chi connectivity index (χ2v) is 8.55. The third kappa shape index (κ3) is 4.56. The van der Waals surface area contributed by atoms with Crippen LogP contribution in [0.25, 0.3) is 0 Å². The van der Waals surface area contributed by atoms with Crippen molar-refractivity contribution in [2.45, 2.75) is 39.3 Å². The summed E-state index contributed by atoms with van der Waals surface area (Å²) in [6.45, 7) is 9.22. The molecule has 2 atom stereocenters. The quantitative estimate of drug-likeness (QED) is 0.615. The number of hydrogen-bond donors (Lipinski definition) is 0. The van der Waals surface area contributed by atoms with Crippen molar-refractivity contribution in [3.8, 4) is 0 Å². The van der Waals surface area contributed by atoms with Crippen LogP contribution in [0.1, 0.15) is 48.2 Å². The molecule has 4 rings (SSSR count). The number of carbonyl (C=O) groups excluding carboxylic acids is 1. The monoisotopic (exact) mass is 420 g/mol. The molecule has 0 radical (unpaired) electrons. The Morgan fingerprint density at radius 3 is 2.39 bits per heavy atom. The zero-order valence-electron chi connectivity index (χ0n) is 18.9. The molecular weight excluding hydrogens is 388 g/mol. The largest absolute Gasteiger partial charge is 0.340 e. The second kappa shape index (κ2) is 9.06. The van der Waals surface area contributed by atoms with Crippen molar-refractivity contribution < 1.29 is 4.79 Å². The highest BCUT2D eigenvalue weighted by Gasteiger charge is 2.30. The number of nitrogens with zero attached hydrogens (tertiary/aromatic N) is 6. The average Bonchev–Trinajstić information content (AvgIpc) is 3.34. The van der Waals surface area contributed by atoms with Crippen molar-refractivity contribution in [1.82, 2.24) is 29.1 Å². The number of piperazine rings is 1. The van der Waals surface area contributed by atoms with Gasteiger partial charge in [-0.2, -0.15) is 5.10 Å². The first-order valence-corrected chi connectivity index (χ1v) is 11.0. The molecule has 0 saturated carbocycles. The highest BCUT2D eigenvalue weighted by molar-refractivity contribution is 5.76. The van der Waals surface area contributed by atoms with Crippen molar-refractivity contribution in [3.05, 3.63) is 71.6 Å². The molecule has 7 heteroatoms. The zero-order valence-corrected chi connectivity index (χ0v) is 18.9. The van der Waals surface area contributed by atoms with E-state index in [2.05, 4.69) is 56.8 Å². The van der Waals surface area contributed by atoms with E-state index in [1.54, 1.807) is 0 Å². The van der Waals surface area contributed by atoms with Crippen LogP contribution in [-0.4, -0.2) is 61.2 Å². The maximum absolute atomic E-state index is 13.0. The van der Waals surface area contributed by atoms with Crippen LogP contribution in [0.5, 0.6) is 0 Å². The molecule has 1 amide bonds. The standard InChI is InChI=1S/C24H32N6O/c1-18-16-19(2)30(26-18)20(3)17-22(31)28-12-14-29(15-13-28)23(21-8-6-5-7-9-21)24-25-10-11-27(24)4/h5-11,16,20,23H,12-15,17H2,1-4H3/t20-,23-/m0/s1. The van der Waals surface area contributed by atoms with Gasteiger partial charge >= 0.3 is 0 Å². The van der Waals surface area contributed by atoms with Gasteiger partial charge in [-0.05, 0) is 32.4 Å². The fourth-order valence-corrected chi connectivity index (χ4v) is 4.59. The van der Waals surface area contributed by atoms with Crippen molar-refractivity contribution in [2.75, 3.05) is 26.2 Å². The van der Waals surface area contributed by atoms with Gasteiger partial charge in [0.25, 0.3) is 0 Å². The van der Waals surface area contributed by atoms with Gasteiger partial charge in [0, 0.05) is 57.7 Å². The number of amides is 1. The summed E-state index contributed by atoms with van der Waals surface area (Å²) in [4.78, 5) is 22.1. The summed E-state index contributed by atoms with van der Waals surface area (Å²) in [6, 6.07) is 12.7. The van der Waals surface area contributed by atoms with E-state index < -0.39 is 0 Å². The summed E-state index contributed by atoms with van der Waals surface area (Å²) in [6.07, 6.45) is 4.32. The van der Waals surface area contributed by atoms with Gasteiger partial charge in [-0.15, -0.1) is 0 Å². The molecule has 0 bridgehead atoms. The molecule has 1 aliphatic heterocycles. The summed E-state index contributed by atoms with van der Waals surface area (Å²) in [7, 11) is 2.04. The predicted molar refractivity (Wildman–Crippen MR) is 121 cm³/mol. The number of aromatic nitrogens is 4. The van der Waals surface area contributed by atoms with Crippen LogP contribution in [-0.2, 0) is 11.8 Å². The van der Waals surface area contributed by atoms with E-state index in [1.165, 1.54) is 5.56 Å². The third-order valence-corrected chi connectivity index (χ3v) is 6.18. The Labute approximate surface area is 184 Å². The van der Waals surface area contributed by atoms with Crippen LogP contribution in [0, 0.1) is 13.8 Å². The molecule has 2 aromatic heterocycles. The minimum absolute atomic E-state index is 0.0591. The molecule has 1 aromatic carbocycles. The minimum atomic E-state index is 0.0591. The van der Waals surface area contributed by atoms with E-state index in [0.717, 1.165) is 43.4 Å². The lowest BCUT2D eigenvalue weighted by Gasteiger charge is -2.39. The second-order valence-electron chi connectivity index (χ2n) is 8.55. The Bertz CT molecular complexity index is 1020. The summed E-state index contributed by atoms with van der Waals surface area (Å²) >= 11 is 0. The first kappa shape index (κ1) is 21.3. The number of rotatable bonds is 6. The zero-order chi connectivity index (χ0) is 22.0. The van der Waals surface area contributed by atoms with Crippen molar-refractivity contribution in [2.24, 2.45) is 7.05 Å². The molecule has 0 spiro atoms. The first-order valence-electron chi connectivity index (χ1n) is 11.0. The van der Waals surface area contributed by atoms with Gasteiger partial charge in [0.1, 0.15) is 5.82 Å². The van der Waals surface area contributed by atoms with Crippen molar-refractivity contribution >= 4 is 5.91 Å². The highest BCUT2D eigenvalue weighted by Crippen LogP contribution is 2.28. The maximum atomic E-state index is 13.0. The van der Waals surface area contributed by atoms with E-state index in [-0.39, 0.29) is 18.0 Å². The van der Waals surface area contributed by atoms with Crippen LogP contribution < -0.4 is 0 Å².